The first kappa shape index (κ1) is 18.1. The normalized spacial score (nSPS) is 15.1. The smallest absolute Gasteiger partial charge is 0.358 e. The summed E-state index contributed by atoms with van der Waals surface area (Å²) in [4.78, 5) is 23.0. The molecule has 0 radical (unpaired) electrons. The minimum atomic E-state index is -3.45. The molecule has 0 spiro atoms. The first-order chi connectivity index (χ1) is 12.3. The fourth-order valence-electron chi connectivity index (χ4n) is 2.96. The zero-order valence-corrected chi connectivity index (χ0v) is 14.6. The van der Waals surface area contributed by atoms with Gasteiger partial charge in [-0.2, -0.15) is 0 Å². The Morgan fingerprint density at radius 1 is 1.27 bits per heavy atom. The molecule has 0 unspecified atom stereocenters. The van der Waals surface area contributed by atoms with Gasteiger partial charge in [-0.05, 0) is 31.0 Å². The van der Waals surface area contributed by atoms with Gasteiger partial charge in [-0.3, -0.25) is 4.79 Å². The van der Waals surface area contributed by atoms with Crippen LogP contribution in [-0.4, -0.2) is 51.4 Å². The highest BCUT2D eigenvalue weighted by Gasteiger charge is 2.30. The van der Waals surface area contributed by atoms with Crippen molar-refractivity contribution in [1.29, 1.82) is 0 Å². The number of sulfone groups is 1. The molecule has 0 atom stereocenters. The molecule has 1 aliphatic carbocycles. The van der Waals surface area contributed by atoms with Gasteiger partial charge in [0.2, 0.25) is 5.91 Å². The molecule has 10 heteroatoms. The van der Waals surface area contributed by atoms with Gasteiger partial charge in [-0.15, -0.1) is 5.10 Å². The minimum absolute atomic E-state index is 0.206. The lowest BCUT2D eigenvalue weighted by Gasteiger charge is -2.11. The van der Waals surface area contributed by atoms with Crippen molar-refractivity contribution in [2.75, 3.05) is 11.1 Å². The van der Waals surface area contributed by atoms with Crippen LogP contribution in [0.2, 0.25) is 0 Å². The van der Waals surface area contributed by atoms with Crippen molar-refractivity contribution < 1.29 is 23.1 Å². The summed E-state index contributed by atoms with van der Waals surface area (Å²) in [6.45, 7) is 0. The van der Waals surface area contributed by atoms with Gasteiger partial charge < -0.3 is 10.4 Å². The highest BCUT2D eigenvalue weighted by Crippen LogP contribution is 2.25. The van der Waals surface area contributed by atoms with Crippen LogP contribution in [0.5, 0.6) is 0 Å². The van der Waals surface area contributed by atoms with E-state index in [1.165, 1.54) is 10.9 Å². The monoisotopic (exact) mass is 378 g/mol. The second-order valence-electron chi connectivity index (χ2n) is 6.17. The van der Waals surface area contributed by atoms with Gasteiger partial charge in [-0.1, -0.05) is 24.1 Å². The van der Waals surface area contributed by atoms with E-state index in [0.29, 0.717) is 24.2 Å². The summed E-state index contributed by atoms with van der Waals surface area (Å²) in [7, 11) is -3.45. The Bertz CT molecular complexity index is 932. The lowest BCUT2D eigenvalue weighted by atomic mass is 10.2. The maximum absolute atomic E-state index is 12.2. The first-order valence-electron chi connectivity index (χ1n) is 8.13. The standard InChI is InChI=1S/C16H18N4O5S/c21-15(10-26(24,25)13-6-1-2-7-13)17-11-4-3-5-12(8-11)20-9-14(16(22)23)18-19-20/h3-5,8-9,13H,1-2,6-7,10H2,(H,17,21)(H,22,23). The van der Waals surface area contributed by atoms with Gasteiger partial charge in [0.25, 0.3) is 0 Å². The number of carboxylic acids is 1. The zero-order chi connectivity index (χ0) is 18.7. The number of carbonyl (C=O) groups is 2. The van der Waals surface area contributed by atoms with Crippen molar-refractivity contribution in [3.63, 3.8) is 0 Å². The van der Waals surface area contributed by atoms with E-state index in [2.05, 4.69) is 15.6 Å². The van der Waals surface area contributed by atoms with Gasteiger partial charge in [0.1, 0.15) is 5.75 Å². The van der Waals surface area contributed by atoms with Crippen molar-refractivity contribution >= 4 is 27.4 Å². The van der Waals surface area contributed by atoms with Gasteiger partial charge in [0.15, 0.2) is 15.5 Å². The third-order valence-electron chi connectivity index (χ3n) is 4.25. The van der Waals surface area contributed by atoms with Crippen LogP contribution in [-0.2, 0) is 14.6 Å². The van der Waals surface area contributed by atoms with E-state index in [1.807, 2.05) is 0 Å². The largest absolute Gasteiger partial charge is 0.476 e. The quantitative estimate of drug-likeness (QED) is 0.773. The van der Waals surface area contributed by atoms with Crippen LogP contribution >= 0.6 is 0 Å². The number of aromatic nitrogens is 3. The topological polar surface area (TPSA) is 131 Å². The molecule has 0 saturated heterocycles. The summed E-state index contributed by atoms with van der Waals surface area (Å²) in [6, 6.07) is 6.46. The molecule has 1 fully saturated rings. The molecule has 1 heterocycles. The fraction of sp³-hybridized carbons (Fsp3) is 0.375. The summed E-state index contributed by atoms with van der Waals surface area (Å²) in [5.74, 6) is -2.34. The number of carboxylic acid groups (broad SMARTS) is 1. The van der Waals surface area contributed by atoms with Crippen LogP contribution in [0.15, 0.2) is 30.5 Å². The Morgan fingerprint density at radius 3 is 2.65 bits per heavy atom. The number of aromatic carboxylic acids is 1. The van der Waals surface area contributed by atoms with Crippen LogP contribution in [0.4, 0.5) is 5.69 Å². The van der Waals surface area contributed by atoms with E-state index in [4.69, 9.17) is 5.11 Å². The Kier molecular flexibility index (Phi) is 5.03. The number of nitrogens with zero attached hydrogens (tertiary/aromatic N) is 3. The third-order valence-corrected chi connectivity index (χ3v) is 6.40. The third kappa shape index (κ3) is 4.07. The first-order valence-corrected chi connectivity index (χ1v) is 9.84. The van der Waals surface area contributed by atoms with Crippen LogP contribution in [0.25, 0.3) is 5.69 Å². The molecule has 3 rings (SSSR count). The van der Waals surface area contributed by atoms with E-state index >= 15 is 0 Å². The molecular weight excluding hydrogens is 360 g/mol. The Morgan fingerprint density at radius 2 is 2.00 bits per heavy atom. The van der Waals surface area contributed by atoms with Crippen molar-refractivity contribution in [1.82, 2.24) is 15.0 Å². The SMILES string of the molecule is O=C(CS(=O)(=O)C1CCCC1)Nc1cccc(-n2cc(C(=O)O)nn2)c1. The number of nitrogens with one attached hydrogen (secondary N) is 1. The molecule has 1 aromatic heterocycles. The summed E-state index contributed by atoms with van der Waals surface area (Å²) >= 11 is 0. The molecule has 0 aliphatic heterocycles. The molecule has 2 N–H and O–H groups in total. The molecular formula is C16H18N4O5S. The van der Waals surface area contributed by atoms with Crippen LogP contribution in [0.3, 0.4) is 0 Å². The molecule has 9 nitrogen and oxygen atoms in total. The van der Waals surface area contributed by atoms with Crippen LogP contribution < -0.4 is 5.32 Å². The second kappa shape index (κ2) is 7.24. The maximum Gasteiger partial charge on any atom is 0.358 e. The maximum atomic E-state index is 12.2. The summed E-state index contributed by atoms with van der Waals surface area (Å²) < 4.78 is 25.8. The van der Waals surface area contributed by atoms with E-state index in [0.717, 1.165) is 12.8 Å². The molecule has 26 heavy (non-hydrogen) atoms. The van der Waals surface area contributed by atoms with Crippen LogP contribution in [0.1, 0.15) is 36.2 Å². The van der Waals surface area contributed by atoms with E-state index in [9.17, 15) is 18.0 Å². The molecule has 1 saturated carbocycles. The summed E-state index contributed by atoms with van der Waals surface area (Å²) in [5.41, 5.74) is 0.671. The summed E-state index contributed by atoms with van der Waals surface area (Å²) in [6.07, 6.45) is 4.23. The number of hydrogen-bond donors (Lipinski definition) is 2. The predicted molar refractivity (Wildman–Crippen MR) is 93.0 cm³/mol. The van der Waals surface area contributed by atoms with E-state index in [-0.39, 0.29) is 5.69 Å². The highest BCUT2D eigenvalue weighted by atomic mass is 32.2. The van der Waals surface area contributed by atoms with Gasteiger partial charge in [0, 0.05) is 5.69 Å². The number of carbonyl (C=O) groups excluding carboxylic acids is 1. The molecule has 138 valence electrons. The molecule has 1 aromatic carbocycles. The Hall–Kier alpha value is -2.75. The number of rotatable bonds is 6. The Labute approximate surface area is 149 Å². The number of hydrogen-bond acceptors (Lipinski definition) is 6. The lowest BCUT2D eigenvalue weighted by molar-refractivity contribution is -0.113. The predicted octanol–water partition coefficient (Wildman–Crippen LogP) is 1.26. The van der Waals surface area contributed by atoms with Crippen molar-refractivity contribution in [2.45, 2.75) is 30.9 Å². The molecule has 1 amide bonds. The fourth-order valence-corrected chi connectivity index (χ4v) is 4.68. The zero-order valence-electron chi connectivity index (χ0n) is 13.8. The van der Waals surface area contributed by atoms with Gasteiger partial charge >= 0.3 is 5.97 Å². The number of amides is 1. The highest BCUT2D eigenvalue weighted by molar-refractivity contribution is 7.92. The van der Waals surface area contributed by atoms with E-state index in [1.54, 1.807) is 24.3 Å². The average Bonchev–Trinajstić information content (AvgIpc) is 3.27. The molecule has 0 bridgehead atoms. The van der Waals surface area contributed by atoms with Crippen LogP contribution in [0, 0.1) is 0 Å². The van der Waals surface area contributed by atoms with Crippen molar-refractivity contribution in [3.8, 4) is 5.69 Å². The second-order valence-corrected chi connectivity index (χ2v) is 8.45. The molecule has 2 aromatic rings. The summed E-state index contributed by atoms with van der Waals surface area (Å²) in [5, 5.41) is 18.3. The number of anilines is 1. The average molecular weight is 378 g/mol. The number of benzene rings is 1. The van der Waals surface area contributed by atoms with Crippen molar-refractivity contribution in [2.24, 2.45) is 0 Å². The lowest BCUT2D eigenvalue weighted by Crippen LogP contribution is -2.29. The van der Waals surface area contributed by atoms with Gasteiger partial charge in [-0.25, -0.2) is 17.9 Å². The van der Waals surface area contributed by atoms with E-state index < -0.39 is 32.7 Å². The van der Waals surface area contributed by atoms with Gasteiger partial charge in [0.05, 0.1) is 17.1 Å². The Balaban J connectivity index is 1.70. The minimum Gasteiger partial charge on any atom is -0.476 e. The molecule has 1 aliphatic rings. The van der Waals surface area contributed by atoms with Crippen molar-refractivity contribution in [3.05, 3.63) is 36.2 Å².